The summed E-state index contributed by atoms with van der Waals surface area (Å²) >= 11 is 0. The lowest BCUT2D eigenvalue weighted by molar-refractivity contribution is -0.118. The number of carbonyl (C=O) groups excluding carboxylic acids is 1. The zero-order valence-corrected chi connectivity index (χ0v) is 8.44. The highest BCUT2D eigenvalue weighted by Crippen LogP contribution is 1.99. The fourth-order valence-corrected chi connectivity index (χ4v) is 0.991. The number of nitrogens with two attached hydrogens (primary N) is 1. The Morgan fingerprint density at radius 1 is 1.38 bits per heavy atom. The van der Waals surface area contributed by atoms with Gasteiger partial charge in [-0.1, -0.05) is 19.9 Å². The second kappa shape index (κ2) is 7.65. The predicted octanol–water partition coefficient (Wildman–Crippen LogP) is 1.55. The molecule has 0 saturated carbocycles. The van der Waals surface area contributed by atoms with Gasteiger partial charge in [-0.05, 0) is 19.3 Å². The van der Waals surface area contributed by atoms with Gasteiger partial charge in [-0.15, -0.1) is 0 Å². The monoisotopic (exact) mass is 184 g/mol. The van der Waals surface area contributed by atoms with Gasteiger partial charge in [0.05, 0.1) is 0 Å². The molecule has 0 aromatic heterocycles. The van der Waals surface area contributed by atoms with Crippen LogP contribution in [0.15, 0.2) is 12.3 Å². The van der Waals surface area contributed by atoms with Crippen molar-refractivity contribution in [1.82, 2.24) is 5.32 Å². The van der Waals surface area contributed by atoms with E-state index in [2.05, 4.69) is 18.8 Å². The number of rotatable bonds is 8. The van der Waals surface area contributed by atoms with Crippen LogP contribution < -0.4 is 11.1 Å². The number of nitrogens with one attached hydrogen (secondary N) is 1. The van der Waals surface area contributed by atoms with Crippen molar-refractivity contribution in [3.05, 3.63) is 12.3 Å². The van der Waals surface area contributed by atoms with Gasteiger partial charge in [-0.2, -0.15) is 0 Å². The molecule has 0 aliphatic carbocycles. The summed E-state index contributed by atoms with van der Waals surface area (Å²) in [5.41, 5.74) is 6.09. The van der Waals surface area contributed by atoms with Crippen molar-refractivity contribution in [3.8, 4) is 0 Å². The molecule has 76 valence electrons. The molecule has 0 aromatic rings. The van der Waals surface area contributed by atoms with Gasteiger partial charge in [0.2, 0.25) is 5.91 Å². The number of unbranched alkanes of at least 4 members (excludes halogenated alkanes) is 2. The smallest absolute Gasteiger partial charge is 0.217 e. The van der Waals surface area contributed by atoms with E-state index in [0.717, 1.165) is 37.9 Å². The minimum absolute atomic E-state index is 0.203. The van der Waals surface area contributed by atoms with Gasteiger partial charge in [0.25, 0.3) is 0 Å². The average Bonchev–Trinajstić information content (AvgIpc) is 2.10. The van der Waals surface area contributed by atoms with E-state index in [-0.39, 0.29) is 5.91 Å². The molecule has 0 fully saturated rings. The Labute approximate surface area is 80.4 Å². The van der Waals surface area contributed by atoms with Gasteiger partial charge in [-0.3, -0.25) is 4.79 Å². The zero-order valence-electron chi connectivity index (χ0n) is 8.44. The minimum atomic E-state index is -0.203. The molecule has 0 bridgehead atoms. The molecule has 0 aliphatic heterocycles. The molecule has 0 atom stereocenters. The molecular weight excluding hydrogens is 164 g/mol. The van der Waals surface area contributed by atoms with Crippen molar-refractivity contribution < 1.29 is 4.79 Å². The van der Waals surface area contributed by atoms with Gasteiger partial charge in [-0.25, -0.2) is 0 Å². The van der Waals surface area contributed by atoms with Crippen molar-refractivity contribution in [2.45, 2.75) is 39.0 Å². The van der Waals surface area contributed by atoms with Gasteiger partial charge in [0.15, 0.2) is 0 Å². The van der Waals surface area contributed by atoms with E-state index in [9.17, 15) is 4.79 Å². The largest absolute Gasteiger partial charge is 0.389 e. The van der Waals surface area contributed by atoms with Crippen molar-refractivity contribution in [2.24, 2.45) is 5.73 Å². The summed E-state index contributed by atoms with van der Waals surface area (Å²) < 4.78 is 0. The maximum absolute atomic E-state index is 10.4. The normalized spacial score (nSPS) is 9.62. The molecule has 1 amide bonds. The van der Waals surface area contributed by atoms with E-state index in [4.69, 9.17) is 5.73 Å². The molecule has 3 nitrogen and oxygen atoms in total. The Morgan fingerprint density at radius 2 is 2.08 bits per heavy atom. The van der Waals surface area contributed by atoms with Crippen molar-refractivity contribution in [2.75, 3.05) is 6.54 Å². The number of carbonyl (C=O) groups is 1. The summed E-state index contributed by atoms with van der Waals surface area (Å²) in [5, 5.41) is 3.21. The zero-order chi connectivity index (χ0) is 10.1. The first-order valence-electron chi connectivity index (χ1n) is 4.86. The van der Waals surface area contributed by atoms with E-state index in [0.29, 0.717) is 6.42 Å². The maximum Gasteiger partial charge on any atom is 0.217 e. The first-order chi connectivity index (χ1) is 6.16. The first-order valence-corrected chi connectivity index (χ1v) is 4.86. The van der Waals surface area contributed by atoms with Crippen LogP contribution in [0.25, 0.3) is 0 Å². The molecular formula is C10H20N2O. The highest BCUT2D eigenvalue weighted by atomic mass is 16.1. The van der Waals surface area contributed by atoms with E-state index < -0.39 is 0 Å². The lowest BCUT2D eigenvalue weighted by atomic mass is 10.2. The number of hydrogen-bond donors (Lipinski definition) is 2. The lowest BCUT2D eigenvalue weighted by Crippen LogP contribution is -2.14. The van der Waals surface area contributed by atoms with Crippen molar-refractivity contribution in [3.63, 3.8) is 0 Å². The number of hydrogen-bond acceptors (Lipinski definition) is 2. The van der Waals surface area contributed by atoms with Gasteiger partial charge < -0.3 is 11.1 Å². The summed E-state index contributed by atoms with van der Waals surface area (Å²) in [6.07, 6.45) is 4.50. The Balaban J connectivity index is 3.08. The molecule has 0 saturated heterocycles. The third kappa shape index (κ3) is 8.92. The van der Waals surface area contributed by atoms with Crippen LogP contribution in [0.2, 0.25) is 0 Å². The molecule has 0 unspecified atom stereocenters. The fraction of sp³-hybridized carbons (Fsp3) is 0.700. The third-order valence-corrected chi connectivity index (χ3v) is 1.90. The molecule has 3 heteroatoms. The predicted molar refractivity (Wildman–Crippen MR) is 55.1 cm³/mol. The minimum Gasteiger partial charge on any atom is -0.389 e. The van der Waals surface area contributed by atoms with Gasteiger partial charge >= 0.3 is 0 Å². The molecule has 0 spiro atoms. The Hall–Kier alpha value is -0.990. The van der Waals surface area contributed by atoms with E-state index in [1.165, 1.54) is 0 Å². The first kappa shape index (κ1) is 12.0. The van der Waals surface area contributed by atoms with Crippen LogP contribution >= 0.6 is 0 Å². The second-order valence-electron chi connectivity index (χ2n) is 3.16. The number of primary amides is 1. The van der Waals surface area contributed by atoms with Crippen molar-refractivity contribution in [1.29, 1.82) is 0 Å². The summed E-state index contributed by atoms with van der Waals surface area (Å²) in [6, 6.07) is 0. The van der Waals surface area contributed by atoms with Crippen LogP contribution in [0.4, 0.5) is 0 Å². The Morgan fingerprint density at radius 3 is 2.62 bits per heavy atom. The highest BCUT2D eigenvalue weighted by molar-refractivity contribution is 5.73. The van der Waals surface area contributed by atoms with E-state index in [1.807, 2.05) is 0 Å². The SMILES string of the molecule is C=C(CC)NCCCCCC(N)=O. The lowest BCUT2D eigenvalue weighted by Gasteiger charge is -2.06. The standard InChI is InChI=1S/C10H20N2O/c1-3-9(2)12-8-6-4-5-7-10(11)13/h12H,2-8H2,1H3,(H2,11,13). The summed E-state index contributed by atoms with van der Waals surface area (Å²) in [6.45, 7) is 6.86. The quantitative estimate of drug-likeness (QED) is 0.562. The number of amides is 1. The molecule has 0 aliphatic rings. The molecule has 0 rings (SSSR count). The molecule has 0 heterocycles. The molecule has 0 radical (unpaired) electrons. The Kier molecular flexibility index (Phi) is 7.07. The summed E-state index contributed by atoms with van der Waals surface area (Å²) in [5.74, 6) is -0.203. The van der Waals surface area contributed by atoms with Crippen LogP contribution in [-0.4, -0.2) is 12.5 Å². The third-order valence-electron chi connectivity index (χ3n) is 1.90. The molecule has 13 heavy (non-hydrogen) atoms. The van der Waals surface area contributed by atoms with Crippen LogP contribution in [0, 0.1) is 0 Å². The molecule has 0 aromatic carbocycles. The van der Waals surface area contributed by atoms with Crippen LogP contribution in [0.5, 0.6) is 0 Å². The highest BCUT2D eigenvalue weighted by Gasteiger charge is 1.94. The maximum atomic E-state index is 10.4. The van der Waals surface area contributed by atoms with E-state index in [1.54, 1.807) is 0 Å². The van der Waals surface area contributed by atoms with Crippen molar-refractivity contribution >= 4 is 5.91 Å². The van der Waals surface area contributed by atoms with Gasteiger partial charge in [0, 0.05) is 18.7 Å². The molecule has 3 N–H and O–H groups in total. The second-order valence-corrected chi connectivity index (χ2v) is 3.16. The van der Waals surface area contributed by atoms with E-state index >= 15 is 0 Å². The topological polar surface area (TPSA) is 55.1 Å². The van der Waals surface area contributed by atoms with Crippen LogP contribution in [-0.2, 0) is 4.79 Å². The summed E-state index contributed by atoms with van der Waals surface area (Å²) in [4.78, 5) is 10.4. The van der Waals surface area contributed by atoms with Gasteiger partial charge in [0.1, 0.15) is 0 Å². The Bertz CT molecular complexity index is 166. The fourth-order valence-electron chi connectivity index (χ4n) is 0.991. The van der Waals surface area contributed by atoms with Crippen LogP contribution in [0.1, 0.15) is 39.0 Å². The summed E-state index contributed by atoms with van der Waals surface area (Å²) in [7, 11) is 0. The van der Waals surface area contributed by atoms with Crippen LogP contribution in [0.3, 0.4) is 0 Å². The number of allylic oxidation sites excluding steroid dienone is 1. The average molecular weight is 184 g/mol.